The topological polar surface area (TPSA) is 50.2 Å². The van der Waals surface area contributed by atoms with Crippen LogP contribution in [0.3, 0.4) is 0 Å². The van der Waals surface area contributed by atoms with Crippen LogP contribution in [0.15, 0.2) is 36.5 Å². The number of halogens is 3. The van der Waals surface area contributed by atoms with Crippen molar-refractivity contribution in [2.24, 2.45) is 0 Å². The number of benzene rings is 1. The summed E-state index contributed by atoms with van der Waals surface area (Å²) in [6, 6.07) is 7.32. The first kappa shape index (κ1) is 17.0. The zero-order chi connectivity index (χ0) is 17.3. The van der Waals surface area contributed by atoms with E-state index in [0.717, 1.165) is 0 Å². The van der Waals surface area contributed by atoms with Gasteiger partial charge in [-0.2, -0.15) is 0 Å². The van der Waals surface area contributed by atoms with Crippen LogP contribution in [-0.4, -0.2) is 15.9 Å². The third-order valence-corrected chi connectivity index (χ3v) is 4.72. The molecule has 1 aromatic heterocycles. The van der Waals surface area contributed by atoms with E-state index in [-0.39, 0.29) is 42.0 Å². The number of aryl methyl sites for hydroxylation is 1. The molecule has 0 amide bonds. The van der Waals surface area contributed by atoms with Gasteiger partial charge in [-0.05, 0) is 43.0 Å². The molecule has 24 heavy (non-hydrogen) atoms. The van der Waals surface area contributed by atoms with Gasteiger partial charge in [-0.1, -0.05) is 23.7 Å². The fourth-order valence-corrected chi connectivity index (χ4v) is 3.18. The summed E-state index contributed by atoms with van der Waals surface area (Å²) in [5.41, 5.74) is -1.22. The zero-order valence-electron chi connectivity index (χ0n) is 12.8. The molecule has 0 fully saturated rings. The van der Waals surface area contributed by atoms with Crippen LogP contribution in [0.5, 0.6) is 0 Å². The van der Waals surface area contributed by atoms with Gasteiger partial charge in [0.15, 0.2) is 11.5 Å². The number of alkyl halides is 1. The number of hydrogen-bond acceptors (Lipinski definition) is 3. The predicted octanol–water partition coefficient (Wildman–Crippen LogP) is 4.07. The van der Waals surface area contributed by atoms with Gasteiger partial charge in [0.25, 0.3) is 0 Å². The summed E-state index contributed by atoms with van der Waals surface area (Å²) in [5, 5.41) is 9.95. The molecule has 0 bridgehead atoms. The normalized spacial score (nSPS) is 22.9. The molecule has 2 aromatic rings. The molecular formula is C18H16ClF2NO2. The van der Waals surface area contributed by atoms with Gasteiger partial charge in [-0.15, -0.1) is 0 Å². The van der Waals surface area contributed by atoms with E-state index in [0.29, 0.717) is 5.56 Å². The van der Waals surface area contributed by atoms with Crippen LogP contribution in [0.2, 0.25) is 5.02 Å². The molecule has 126 valence electrons. The fourth-order valence-electron chi connectivity index (χ4n) is 3.07. The highest BCUT2D eigenvalue weighted by Crippen LogP contribution is 2.43. The lowest BCUT2D eigenvalue weighted by molar-refractivity contribution is -0.133. The summed E-state index contributed by atoms with van der Waals surface area (Å²) < 4.78 is 28.8. The lowest BCUT2D eigenvalue weighted by Crippen LogP contribution is -2.36. The maximum absolute atomic E-state index is 15.4. The molecule has 1 aliphatic carbocycles. The molecule has 0 saturated carbocycles. The van der Waals surface area contributed by atoms with Crippen LogP contribution in [-0.2, 0) is 16.9 Å². The van der Waals surface area contributed by atoms with Gasteiger partial charge >= 0.3 is 0 Å². The molecular weight excluding hydrogens is 336 g/mol. The molecule has 0 radical (unpaired) electrons. The minimum absolute atomic E-state index is 0.00769. The van der Waals surface area contributed by atoms with E-state index >= 15 is 4.39 Å². The Hall–Kier alpha value is -1.85. The Morgan fingerprint density at radius 2 is 2.21 bits per heavy atom. The standard InChI is InChI=1S/C18H16ClF2NO2/c19-13-5-3-11(10-14(13)20)4-6-16(24)18(21)8-7-15(23)17-12(18)2-1-9-22-17/h1-3,5,9-10,15,23H,4,6-8H2/t15-,18-/m0/s1. The van der Waals surface area contributed by atoms with Gasteiger partial charge in [-0.25, -0.2) is 8.78 Å². The summed E-state index contributed by atoms with van der Waals surface area (Å²) in [6.07, 6.45) is 0.818. The highest BCUT2D eigenvalue weighted by Gasteiger charge is 2.45. The number of hydrogen-bond donors (Lipinski definition) is 1. The van der Waals surface area contributed by atoms with Crippen molar-refractivity contribution in [1.29, 1.82) is 0 Å². The van der Waals surface area contributed by atoms with E-state index in [1.165, 1.54) is 24.4 Å². The van der Waals surface area contributed by atoms with Crippen molar-refractivity contribution in [3.63, 3.8) is 0 Å². The van der Waals surface area contributed by atoms with E-state index in [2.05, 4.69) is 4.98 Å². The summed E-state index contributed by atoms with van der Waals surface area (Å²) in [7, 11) is 0. The molecule has 1 aromatic carbocycles. The van der Waals surface area contributed by atoms with Gasteiger partial charge in [-0.3, -0.25) is 9.78 Å². The summed E-state index contributed by atoms with van der Waals surface area (Å²) in [4.78, 5) is 16.5. The first-order valence-corrected chi connectivity index (χ1v) is 8.09. The van der Waals surface area contributed by atoms with E-state index in [1.54, 1.807) is 12.1 Å². The Bertz CT molecular complexity index is 783. The Kier molecular flexibility index (Phi) is 4.65. The van der Waals surface area contributed by atoms with Gasteiger partial charge in [0, 0.05) is 18.2 Å². The summed E-state index contributed by atoms with van der Waals surface area (Å²) >= 11 is 5.62. The Morgan fingerprint density at radius 3 is 2.96 bits per heavy atom. The maximum Gasteiger partial charge on any atom is 0.195 e. The largest absolute Gasteiger partial charge is 0.387 e. The number of Topliss-reactive ketones (excluding diaryl/α,β-unsaturated/α-hetero) is 1. The Labute approximate surface area is 143 Å². The van der Waals surface area contributed by atoms with Crippen molar-refractivity contribution in [2.45, 2.75) is 37.5 Å². The first-order chi connectivity index (χ1) is 11.4. The number of aromatic nitrogens is 1. The second-order valence-corrected chi connectivity index (χ2v) is 6.37. The van der Waals surface area contributed by atoms with Crippen molar-refractivity contribution >= 4 is 17.4 Å². The number of pyridine rings is 1. The van der Waals surface area contributed by atoms with Crippen LogP contribution < -0.4 is 0 Å². The molecule has 0 aliphatic heterocycles. The van der Waals surface area contributed by atoms with E-state index in [1.807, 2.05) is 0 Å². The second kappa shape index (κ2) is 6.57. The van der Waals surface area contributed by atoms with Crippen LogP contribution >= 0.6 is 11.6 Å². The SMILES string of the molecule is O=C(CCc1ccc(Cl)c(F)c1)[C@]1(F)CC[C@H](O)c2ncccc21. The highest BCUT2D eigenvalue weighted by atomic mass is 35.5. The molecule has 2 atom stereocenters. The lowest BCUT2D eigenvalue weighted by Gasteiger charge is -2.32. The minimum Gasteiger partial charge on any atom is -0.387 e. The van der Waals surface area contributed by atoms with E-state index in [4.69, 9.17) is 11.6 Å². The molecule has 1 aliphatic rings. The minimum atomic E-state index is -2.16. The third kappa shape index (κ3) is 3.06. The zero-order valence-corrected chi connectivity index (χ0v) is 13.6. The summed E-state index contributed by atoms with van der Waals surface area (Å²) in [5.74, 6) is -1.15. The maximum atomic E-state index is 15.4. The molecule has 3 rings (SSSR count). The van der Waals surface area contributed by atoms with Crippen LogP contribution in [0, 0.1) is 5.82 Å². The van der Waals surface area contributed by atoms with Crippen LogP contribution in [0.1, 0.15) is 42.2 Å². The van der Waals surface area contributed by atoms with Crippen molar-refractivity contribution in [2.75, 3.05) is 0 Å². The fraction of sp³-hybridized carbons (Fsp3) is 0.333. The third-order valence-electron chi connectivity index (χ3n) is 4.41. The number of aliphatic hydroxyl groups excluding tert-OH is 1. The average Bonchev–Trinajstić information content (AvgIpc) is 2.59. The van der Waals surface area contributed by atoms with Crippen LogP contribution in [0.25, 0.3) is 0 Å². The molecule has 0 unspecified atom stereocenters. The monoisotopic (exact) mass is 351 g/mol. The summed E-state index contributed by atoms with van der Waals surface area (Å²) in [6.45, 7) is 0. The van der Waals surface area contributed by atoms with Crippen molar-refractivity contribution in [1.82, 2.24) is 4.98 Å². The van der Waals surface area contributed by atoms with Crippen LogP contribution in [0.4, 0.5) is 8.78 Å². The van der Waals surface area contributed by atoms with Gasteiger partial charge < -0.3 is 5.11 Å². The number of nitrogens with zero attached hydrogens (tertiary/aromatic N) is 1. The van der Waals surface area contributed by atoms with E-state index in [9.17, 15) is 14.3 Å². The Morgan fingerprint density at radius 1 is 1.42 bits per heavy atom. The van der Waals surface area contributed by atoms with Gasteiger partial charge in [0.1, 0.15) is 5.82 Å². The number of fused-ring (bicyclic) bond motifs is 1. The average molecular weight is 352 g/mol. The molecule has 3 nitrogen and oxygen atoms in total. The number of carbonyl (C=O) groups excluding carboxylic acids is 1. The number of ketones is 1. The van der Waals surface area contributed by atoms with Crippen molar-refractivity contribution < 1.29 is 18.7 Å². The smallest absolute Gasteiger partial charge is 0.195 e. The van der Waals surface area contributed by atoms with E-state index < -0.39 is 23.4 Å². The number of carbonyl (C=O) groups is 1. The van der Waals surface area contributed by atoms with Gasteiger partial charge in [0.05, 0.1) is 16.8 Å². The molecule has 0 spiro atoms. The molecule has 1 heterocycles. The molecule has 1 N–H and O–H groups in total. The van der Waals surface area contributed by atoms with Crippen molar-refractivity contribution in [3.05, 3.63) is 64.2 Å². The van der Waals surface area contributed by atoms with Gasteiger partial charge in [0.2, 0.25) is 0 Å². The molecule has 0 saturated heterocycles. The second-order valence-electron chi connectivity index (χ2n) is 5.96. The highest BCUT2D eigenvalue weighted by molar-refractivity contribution is 6.30. The van der Waals surface area contributed by atoms with Crippen molar-refractivity contribution in [3.8, 4) is 0 Å². The molecule has 6 heteroatoms. The predicted molar refractivity (Wildman–Crippen MR) is 86.0 cm³/mol. The Balaban J connectivity index is 1.79. The number of rotatable bonds is 4. The lowest BCUT2D eigenvalue weighted by atomic mass is 9.77. The number of aliphatic hydroxyl groups is 1. The quantitative estimate of drug-likeness (QED) is 0.903. The first-order valence-electron chi connectivity index (χ1n) is 7.71.